The van der Waals surface area contributed by atoms with Crippen molar-refractivity contribution in [2.24, 2.45) is 0 Å². The minimum absolute atomic E-state index is 0.827. The Kier molecular flexibility index (Phi) is 3.65. The zero-order chi connectivity index (χ0) is 12.0. The molecule has 0 atom stereocenters. The van der Waals surface area contributed by atoms with Gasteiger partial charge >= 0.3 is 0 Å². The topological polar surface area (TPSA) is 0 Å². The third-order valence-corrected chi connectivity index (χ3v) is 3.85. The van der Waals surface area contributed by atoms with Crippen LogP contribution in [0.2, 0.25) is 0 Å². The van der Waals surface area contributed by atoms with E-state index in [2.05, 4.69) is 20.8 Å². The van der Waals surface area contributed by atoms with Gasteiger partial charge in [0, 0.05) is 5.56 Å². The summed E-state index contributed by atoms with van der Waals surface area (Å²) in [6.07, 6.45) is 0. The Morgan fingerprint density at radius 2 is 0.867 bits per heavy atom. The minimum Gasteiger partial charge on any atom is -0.0784 e. The molecular formula is C12H15Cl3. The lowest BCUT2D eigenvalue weighted by Crippen LogP contribution is -2.10. The van der Waals surface area contributed by atoms with Gasteiger partial charge in [0.2, 0.25) is 3.79 Å². The summed E-state index contributed by atoms with van der Waals surface area (Å²) in [6.45, 7) is 10.2. The van der Waals surface area contributed by atoms with Crippen LogP contribution in [0.15, 0.2) is 0 Å². The van der Waals surface area contributed by atoms with Gasteiger partial charge in [-0.2, -0.15) is 0 Å². The van der Waals surface area contributed by atoms with Crippen LogP contribution < -0.4 is 0 Å². The van der Waals surface area contributed by atoms with Gasteiger partial charge in [0.05, 0.1) is 0 Å². The first-order valence-electron chi connectivity index (χ1n) is 4.82. The van der Waals surface area contributed by atoms with Crippen LogP contribution in [0.25, 0.3) is 0 Å². The predicted octanol–water partition coefficient (Wildman–Crippen LogP) is 5.06. The van der Waals surface area contributed by atoms with Gasteiger partial charge in [-0.3, -0.25) is 0 Å². The molecule has 0 fully saturated rings. The third-order valence-electron chi connectivity index (χ3n) is 3.28. The SMILES string of the molecule is Cc1c(C)c(C)c(C(Cl)(Cl)Cl)c(C)c1C. The van der Waals surface area contributed by atoms with E-state index in [0.29, 0.717) is 0 Å². The van der Waals surface area contributed by atoms with E-state index in [-0.39, 0.29) is 0 Å². The lowest BCUT2D eigenvalue weighted by Gasteiger charge is -2.23. The molecule has 0 aliphatic carbocycles. The lowest BCUT2D eigenvalue weighted by molar-refractivity contribution is 1.07. The smallest absolute Gasteiger partial charge is 0.0784 e. The highest BCUT2D eigenvalue weighted by Gasteiger charge is 2.29. The molecular weight excluding hydrogens is 250 g/mol. The first-order valence-corrected chi connectivity index (χ1v) is 5.95. The number of benzene rings is 1. The summed E-state index contributed by atoms with van der Waals surface area (Å²) in [5.74, 6) is 0. The van der Waals surface area contributed by atoms with Crippen molar-refractivity contribution in [3.05, 3.63) is 33.4 Å². The first-order chi connectivity index (χ1) is 6.68. The van der Waals surface area contributed by atoms with E-state index < -0.39 is 3.79 Å². The van der Waals surface area contributed by atoms with Crippen molar-refractivity contribution in [2.75, 3.05) is 0 Å². The van der Waals surface area contributed by atoms with Gasteiger partial charge in [-0.05, 0) is 62.4 Å². The van der Waals surface area contributed by atoms with E-state index in [4.69, 9.17) is 34.8 Å². The van der Waals surface area contributed by atoms with Gasteiger partial charge in [-0.25, -0.2) is 0 Å². The summed E-state index contributed by atoms with van der Waals surface area (Å²) in [7, 11) is 0. The maximum Gasteiger partial charge on any atom is 0.216 e. The lowest BCUT2D eigenvalue weighted by atomic mass is 9.90. The van der Waals surface area contributed by atoms with Crippen LogP contribution in [-0.2, 0) is 3.79 Å². The molecule has 3 heteroatoms. The zero-order valence-corrected chi connectivity index (χ0v) is 11.9. The molecule has 84 valence electrons. The molecule has 0 radical (unpaired) electrons. The fourth-order valence-electron chi connectivity index (χ4n) is 1.93. The number of alkyl halides is 3. The Balaban J connectivity index is 3.68. The van der Waals surface area contributed by atoms with Crippen molar-refractivity contribution in [3.8, 4) is 0 Å². The van der Waals surface area contributed by atoms with Crippen molar-refractivity contribution in [2.45, 2.75) is 38.4 Å². The Morgan fingerprint density at radius 1 is 0.600 bits per heavy atom. The van der Waals surface area contributed by atoms with Crippen molar-refractivity contribution in [1.82, 2.24) is 0 Å². The van der Waals surface area contributed by atoms with Gasteiger partial charge in [0.25, 0.3) is 0 Å². The monoisotopic (exact) mass is 264 g/mol. The summed E-state index contributed by atoms with van der Waals surface area (Å²) < 4.78 is -1.34. The van der Waals surface area contributed by atoms with Crippen molar-refractivity contribution in [3.63, 3.8) is 0 Å². The molecule has 0 aliphatic rings. The van der Waals surface area contributed by atoms with Gasteiger partial charge < -0.3 is 0 Å². The second-order valence-corrected chi connectivity index (χ2v) is 6.28. The molecule has 0 aromatic heterocycles. The highest BCUT2D eigenvalue weighted by molar-refractivity contribution is 6.66. The molecule has 0 N–H and O–H groups in total. The van der Waals surface area contributed by atoms with Crippen LogP contribution in [0.1, 0.15) is 33.4 Å². The van der Waals surface area contributed by atoms with Crippen LogP contribution >= 0.6 is 34.8 Å². The second-order valence-electron chi connectivity index (χ2n) is 4.00. The molecule has 1 rings (SSSR count). The molecule has 0 amide bonds. The van der Waals surface area contributed by atoms with E-state index in [0.717, 1.165) is 16.7 Å². The van der Waals surface area contributed by atoms with Gasteiger partial charge in [-0.15, -0.1) is 0 Å². The van der Waals surface area contributed by atoms with Crippen LogP contribution in [0.3, 0.4) is 0 Å². The normalized spacial score (nSPS) is 12.0. The van der Waals surface area contributed by atoms with Crippen LogP contribution in [0.5, 0.6) is 0 Å². The number of halogens is 3. The van der Waals surface area contributed by atoms with Crippen LogP contribution in [-0.4, -0.2) is 0 Å². The summed E-state index contributed by atoms with van der Waals surface area (Å²) >= 11 is 18.0. The fourth-order valence-corrected chi connectivity index (χ4v) is 2.78. The number of rotatable bonds is 0. The maximum absolute atomic E-state index is 6.00. The van der Waals surface area contributed by atoms with E-state index in [9.17, 15) is 0 Å². The van der Waals surface area contributed by atoms with Crippen LogP contribution in [0, 0.1) is 34.6 Å². The Hall–Kier alpha value is 0.0900. The second kappa shape index (κ2) is 4.16. The molecule has 0 saturated carbocycles. The van der Waals surface area contributed by atoms with Crippen LogP contribution in [0.4, 0.5) is 0 Å². The van der Waals surface area contributed by atoms with Gasteiger partial charge in [-0.1, -0.05) is 34.8 Å². The van der Waals surface area contributed by atoms with Crippen molar-refractivity contribution >= 4 is 34.8 Å². The third kappa shape index (κ3) is 2.27. The van der Waals surface area contributed by atoms with E-state index in [1.54, 1.807) is 0 Å². The molecule has 0 heterocycles. The summed E-state index contributed by atoms with van der Waals surface area (Å²) in [6, 6.07) is 0. The molecule has 0 spiro atoms. The minimum atomic E-state index is -1.34. The van der Waals surface area contributed by atoms with Crippen molar-refractivity contribution in [1.29, 1.82) is 0 Å². The molecule has 0 nitrogen and oxygen atoms in total. The van der Waals surface area contributed by atoms with E-state index >= 15 is 0 Å². The molecule has 0 aliphatic heterocycles. The van der Waals surface area contributed by atoms with Gasteiger partial charge in [0.1, 0.15) is 0 Å². The molecule has 1 aromatic rings. The molecule has 0 bridgehead atoms. The number of hydrogen-bond donors (Lipinski definition) is 0. The summed E-state index contributed by atoms with van der Waals surface area (Å²) in [5.41, 5.74) is 6.68. The molecule has 0 unspecified atom stereocenters. The standard InChI is InChI=1S/C12H15Cl3/c1-6-7(2)9(4)11(12(13,14)15)10(5)8(6)3/h1-5H3. The van der Waals surface area contributed by atoms with Crippen molar-refractivity contribution < 1.29 is 0 Å². The molecule has 15 heavy (non-hydrogen) atoms. The summed E-state index contributed by atoms with van der Waals surface area (Å²) in [4.78, 5) is 0. The van der Waals surface area contributed by atoms with E-state index in [1.807, 2.05) is 13.8 Å². The number of hydrogen-bond acceptors (Lipinski definition) is 0. The van der Waals surface area contributed by atoms with Gasteiger partial charge in [0.15, 0.2) is 0 Å². The molecule has 0 saturated heterocycles. The highest BCUT2D eigenvalue weighted by atomic mass is 35.6. The Labute approximate surface area is 107 Å². The summed E-state index contributed by atoms with van der Waals surface area (Å²) in [5, 5.41) is 0. The highest BCUT2D eigenvalue weighted by Crippen LogP contribution is 2.44. The fraction of sp³-hybridized carbons (Fsp3) is 0.500. The first kappa shape index (κ1) is 13.2. The predicted molar refractivity (Wildman–Crippen MR) is 69.4 cm³/mol. The quantitative estimate of drug-likeness (QED) is 0.576. The maximum atomic E-state index is 6.00. The molecule has 1 aromatic carbocycles. The zero-order valence-electron chi connectivity index (χ0n) is 9.63. The van der Waals surface area contributed by atoms with E-state index in [1.165, 1.54) is 16.7 Å². The Bertz CT molecular complexity index is 371. The Morgan fingerprint density at radius 3 is 1.13 bits per heavy atom. The average molecular weight is 266 g/mol. The average Bonchev–Trinajstić information content (AvgIpc) is 2.09. The largest absolute Gasteiger partial charge is 0.216 e.